The summed E-state index contributed by atoms with van der Waals surface area (Å²) in [5, 5.41) is 2.38. The second-order valence-electron chi connectivity index (χ2n) is 14.6. The molecule has 1 aromatic heterocycles. The normalized spacial score (nSPS) is 16.0. The standard InChI is InChI=1S/C49H40N2O/c1-33-13-12-20-46-48(33)42-29-34(2)45(32-47(42)52-46)51(39-18-10-5-11-19-39)41-24-22-36-26-28-49(44(36)31-41)27-25-35-21-23-40(30-43(35)49)50(37-14-6-3-7-15-37)38-16-8-4-9-17-38/h3-24,29-32H,25-28H2,1-2H3/t49-/m1/s1. The molecule has 3 heteroatoms. The summed E-state index contributed by atoms with van der Waals surface area (Å²) in [6.45, 7) is 4.40. The molecule has 0 saturated carbocycles. The largest absolute Gasteiger partial charge is 0.456 e. The smallest absolute Gasteiger partial charge is 0.137 e. The van der Waals surface area contributed by atoms with Gasteiger partial charge < -0.3 is 14.2 Å². The maximum atomic E-state index is 6.50. The minimum Gasteiger partial charge on any atom is -0.456 e. The van der Waals surface area contributed by atoms with E-state index in [-0.39, 0.29) is 5.41 Å². The molecule has 3 nitrogen and oxygen atoms in total. The van der Waals surface area contributed by atoms with E-state index in [9.17, 15) is 0 Å². The van der Waals surface area contributed by atoms with Gasteiger partial charge >= 0.3 is 0 Å². The van der Waals surface area contributed by atoms with Gasteiger partial charge in [-0.05, 0) is 146 Å². The Morgan fingerprint density at radius 1 is 0.462 bits per heavy atom. The molecular formula is C49H40N2O. The van der Waals surface area contributed by atoms with E-state index in [4.69, 9.17) is 4.42 Å². The highest BCUT2D eigenvalue weighted by Gasteiger charge is 2.45. The molecule has 7 aromatic carbocycles. The van der Waals surface area contributed by atoms with E-state index in [2.05, 4.69) is 181 Å². The summed E-state index contributed by atoms with van der Waals surface area (Å²) in [5.74, 6) is 0. The van der Waals surface area contributed by atoms with E-state index in [1.807, 2.05) is 0 Å². The monoisotopic (exact) mass is 672 g/mol. The third kappa shape index (κ3) is 4.80. The number of fused-ring (bicyclic) bond motifs is 7. The third-order valence-electron chi connectivity index (χ3n) is 11.7. The first-order chi connectivity index (χ1) is 25.6. The second-order valence-corrected chi connectivity index (χ2v) is 14.6. The number of hydrogen-bond acceptors (Lipinski definition) is 3. The van der Waals surface area contributed by atoms with Gasteiger partial charge in [0.25, 0.3) is 0 Å². The summed E-state index contributed by atoms with van der Waals surface area (Å²) >= 11 is 0. The van der Waals surface area contributed by atoms with Crippen LogP contribution in [-0.4, -0.2) is 0 Å². The first-order valence-electron chi connectivity index (χ1n) is 18.5. The van der Waals surface area contributed by atoms with Gasteiger partial charge in [0.05, 0.1) is 5.69 Å². The minimum absolute atomic E-state index is 0.0205. The predicted octanol–water partition coefficient (Wildman–Crippen LogP) is 13.3. The van der Waals surface area contributed by atoms with Crippen molar-refractivity contribution in [3.05, 3.63) is 191 Å². The molecule has 10 rings (SSSR count). The highest BCUT2D eigenvalue weighted by molar-refractivity contribution is 6.08. The molecule has 0 radical (unpaired) electrons. The van der Waals surface area contributed by atoms with Crippen molar-refractivity contribution in [2.45, 2.75) is 44.9 Å². The Labute approximate surface area is 305 Å². The molecule has 0 unspecified atom stereocenters. The molecule has 0 saturated heterocycles. The van der Waals surface area contributed by atoms with Crippen LogP contribution in [-0.2, 0) is 18.3 Å². The van der Waals surface area contributed by atoms with Crippen LogP contribution in [0, 0.1) is 13.8 Å². The zero-order chi connectivity index (χ0) is 34.8. The summed E-state index contributed by atoms with van der Waals surface area (Å²) in [4.78, 5) is 4.83. The molecular weight excluding hydrogens is 633 g/mol. The van der Waals surface area contributed by atoms with Crippen LogP contribution in [0.25, 0.3) is 21.9 Å². The van der Waals surface area contributed by atoms with Gasteiger partial charge in [-0.15, -0.1) is 0 Å². The molecule has 0 bridgehead atoms. The maximum absolute atomic E-state index is 6.50. The van der Waals surface area contributed by atoms with Gasteiger partial charge in [-0.1, -0.05) is 78.9 Å². The van der Waals surface area contributed by atoms with Gasteiger partial charge in [0, 0.05) is 50.7 Å². The SMILES string of the molecule is Cc1cc2c(cc1N(c1ccccc1)c1ccc3c(c1)[C@]1(CCc4ccc(N(c5ccccc5)c5ccccc5)cc41)CC3)oc1cccc(C)c12. The number of rotatable bonds is 6. The summed E-state index contributed by atoms with van der Waals surface area (Å²) < 4.78 is 6.50. The average Bonchev–Trinajstić information content (AvgIpc) is 3.87. The number of hydrogen-bond donors (Lipinski definition) is 0. The summed E-state index contributed by atoms with van der Waals surface area (Å²) in [7, 11) is 0. The lowest BCUT2D eigenvalue weighted by molar-refractivity contribution is 0.507. The molecule has 2 aliphatic rings. The van der Waals surface area contributed by atoms with Crippen LogP contribution in [0.4, 0.5) is 34.1 Å². The van der Waals surface area contributed by atoms with Gasteiger partial charge in [0.2, 0.25) is 0 Å². The molecule has 2 aliphatic carbocycles. The Hall–Kier alpha value is -6.06. The molecule has 8 aromatic rings. The quantitative estimate of drug-likeness (QED) is 0.175. The van der Waals surface area contributed by atoms with Crippen LogP contribution in [0.2, 0.25) is 0 Å². The fraction of sp³-hybridized carbons (Fsp3) is 0.143. The number of para-hydroxylation sites is 3. The van der Waals surface area contributed by atoms with Crippen molar-refractivity contribution in [2.24, 2.45) is 0 Å². The van der Waals surface area contributed by atoms with Crippen LogP contribution in [0.1, 0.15) is 46.2 Å². The predicted molar refractivity (Wildman–Crippen MR) is 216 cm³/mol. The Morgan fingerprint density at radius 2 is 1.00 bits per heavy atom. The Morgan fingerprint density at radius 3 is 1.58 bits per heavy atom. The number of furan rings is 1. The van der Waals surface area contributed by atoms with Crippen molar-refractivity contribution in [1.82, 2.24) is 0 Å². The fourth-order valence-electron chi connectivity index (χ4n) is 9.23. The van der Waals surface area contributed by atoms with Crippen LogP contribution in [0.15, 0.2) is 162 Å². The van der Waals surface area contributed by atoms with E-state index >= 15 is 0 Å². The third-order valence-corrected chi connectivity index (χ3v) is 11.7. The zero-order valence-electron chi connectivity index (χ0n) is 29.6. The fourth-order valence-corrected chi connectivity index (χ4v) is 9.23. The lowest BCUT2D eigenvalue weighted by Crippen LogP contribution is -2.22. The lowest BCUT2D eigenvalue weighted by atomic mass is 9.76. The van der Waals surface area contributed by atoms with Crippen molar-refractivity contribution in [3.63, 3.8) is 0 Å². The van der Waals surface area contributed by atoms with Crippen LogP contribution >= 0.6 is 0 Å². The first-order valence-corrected chi connectivity index (χ1v) is 18.5. The molecule has 1 spiro atoms. The number of anilines is 6. The molecule has 1 heterocycles. The van der Waals surface area contributed by atoms with Crippen molar-refractivity contribution in [3.8, 4) is 0 Å². The van der Waals surface area contributed by atoms with Gasteiger partial charge in [0.15, 0.2) is 0 Å². The Balaban J connectivity index is 1.12. The summed E-state index contributed by atoms with van der Waals surface area (Å²) in [5.41, 5.74) is 17.2. The molecule has 52 heavy (non-hydrogen) atoms. The molecule has 1 atom stereocenters. The second kappa shape index (κ2) is 12.0. The Bertz CT molecular complexity index is 2560. The van der Waals surface area contributed by atoms with Crippen molar-refractivity contribution in [1.29, 1.82) is 0 Å². The molecule has 0 amide bonds. The van der Waals surface area contributed by atoms with E-state index in [0.29, 0.717) is 0 Å². The van der Waals surface area contributed by atoms with Crippen molar-refractivity contribution < 1.29 is 4.42 Å². The van der Waals surface area contributed by atoms with E-state index in [1.165, 1.54) is 66.9 Å². The molecule has 0 aliphatic heterocycles. The number of aryl methyl sites for hydroxylation is 4. The highest BCUT2D eigenvalue weighted by Crippen LogP contribution is 2.55. The van der Waals surface area contributed by atoms with Gasteiger partial charge in [-0.25, -0.2) is 0 Å². The average molecular weight is 673 g/mol. The number of nitrogens with zero attached hydrogens (tertiary/aromatic N) is 2. The lowest BCUT2D eigenvalue weighted by Gasteiger charge is -2.32. The van der Waals surface area contributed by atoms with E-state index in [0.717, 1.165) is 48.2 Å². The highest BCUT2D eigenvalue weighted by atomic mass is 16.3. The van der Waals surface area contributed by atoms with Crippen molar-refractivity contribution >= 4 is 56.1 Å². The first kappa shape index (κ1) is 30.7. The molecule has 0 N–H and O–H groups in total. The van der Waals surface area contributed by atoms with E-state index in [1.54, 1.807) is 0 Å². The minimum atomic E-state index is -0.0205. The van der Waals surface area contributed by atoms with E-state index < -0.39 is 0 Å². The van der Waals surface area contributed by atoms with Gasteiger partial charge in [-0.2, -0.15) is 0 Å². The summed E-state index contributed by atoms with van der Waals surface area (Å²) in [6.07, 6.45) is 4.45. The number of benzene rings is 7. The topological polar surface area (TPSA) is 19.6 Å². The Kier molecular flexibility index (Phi) is 7.11. The maximum Gasteiger partial charge on any atom is 0.137 e. The van der Waals surface area contributed by atoms with Crippen LogP contribution < -0.4 is 9.80 Å². The zero-order valence-corrected chi connectivity index (χ0v) is 29.6. The van der Waals surface area contributed by atoms with Gasteiger partial charge in [-0.3, -0.25) is 0 Å². The summed E-state index contributed by atoms with van der Waals surface area (Å²) in [6, 6.07) is 57.6. The molecule has 0 fully saturated rings. The van der Waals surface area contributed by atoms with Crippen LogP contribution in [0.5, 0.6) is 0 Å². The van der Waals surface area contributed by atoms with Gasteiger partial charge in [0.1, 0.15) is 11.2 Å². The van der Waals surface area contributed by atoms with Crippen LogP contribution in [0.3, 0.4) is 0 Å². The molecule has 252 valence electrons. The van der Waals surface area contributed by atoms with Crippen molar-refractivity contribution in [2.75, 3.05) is 9.80 Å².